The Bertz CT molecular complexity index is 1340. The van der Waals surface area contributed by atoms with Crippen molar-refractivity contribution in [1.82, 2.24) is 14.5 Å². The molecule has 1 aromatic heterocycles. The molecule has 0 aliphatic carbocycles. The number of nitrogens with zero attached hydrogens (tertiary/aromatic N) is 3. The minimum atomic E-state index is -1.35. The fourth-order valence-electron chi connectivity index (χ4n) is 3.12. The number of amides is 1. The number of carbonyl (C=O) groups excluding carboxylic acids is 1. The number of carboxylic acid groups (broad SMARTS) is 1. The molecule has 10 heteroatoms. The van der Waals surface area contributed by atoms with Gasteiger partial charge in [-0.05, 0) is 17.2 Å². The number of hydrogen-bond acceptors (Lipinski definition) is 6. The van der Waals surface area contributed by atoms with E-state index in [1.54, 1.807) is 48.5 Å². The van der Waals surface area contributed by atoms with Gasteiger partial charge in [-0.25, -0.2) is 4.79 Å². The van der Waals surface area contributed by atoms with Crippen LogP contribution in [0.15, 0.2) is 64.2 Å². The van der Waals surface area contributed by atoms with Gasteiger partial charge in [0.2, 0.25) is 5.88 Å². The molecular formula is C22H18N4O6. The van der Waals surface area contributed by atoms with Crippen LogP contribution in [0.25, 0.3) is 0 Å². The van der Waals surface area contributed by atoms with Gasteiger partial charge in [0, 0.05) is 0 Å². The van der Waals surface area contributed by atoms with Gasteiger partial charge in [0.1, 0.15) is 6.54 Å². The maximum atomic E-state index is 13.1. The van der Waals surface area contributed by atoms with Gasteiger partial charge in [-0.3, -0.25) is 23.5 Å². The highest BCUT2D eigenvalue weighted by Crippen LogP contribution is 2.14. The normalized spacial score (nSPS) is 10.3. The summed E-state index contributed by atoms with van der Waals surface area (Å²) in [5.74, 6) is -3.37. The number of benzene rings is 2. The molecule has 0 radical (unpaired) electrons. The first kappa shape index (κ1) is 22.0. The van der Waals surface area contributed by atoms with Crippen LogP contribution < -0.4 is 16.6 Å². The summed E-state index contributed by atoms with van der Waals surface area (Å²) < 4.78 is 1.58. The quantitative estimate of drug-likeness (QED) is 0.489. The van der Waals surface area contributed by atoms with Crippen molar-refractivity contribution in [1.29, 1.82) is 5.26 Å². The molecule has 0 saturated carbocycles. The molecular weight excluding hydrogens is 416 g/mol. The van der Waals surface area contributed by atoms with E-state index >= 15 is 0 Å². The number of rotatable bonds is 7. The Morgan fingerprint density at radius 1 is 0.969 bits per heavy atom. The van der Waals surface area contributed by atoms with E-state index in [1.807, 2.05) is 11.4 Å². The Morgan fingerprint density at radius 2 is 1.62 bits per heavy atom. The number of carbonyl (C=O) groups is 2. The minimum Gasteiger partial charge on any atom is -0.494 e. The van der Waals surface area contributed by atoms with E-state index in [0.29, 0.717) is 11.1 Å². The summed E-state index contributed by atoms with van der Waals surface area (Å²) >= 11 is 0. The van der Waals surface area contributed by atoms with Crippen molar-refractivity contribution in [2.75, 3.05) is 6.54 Å². The van der Waals surface area contributed by atoms with E-state index in [1.165, 1.54) is 6.07 Å². The summed E-state index contributed by atoms with van der Waals surface area (Å²) in [7, 11) is 0. The van der Waals surface area contributed by atoms with Crippen molar-refractivity contribution in [2.24, 2.45) is 0 Å². The zero-order chi connectivity index (χ0) is 23.3. The first-order valence-electron chi connectivity index (χ1n) is 9.42. The number of hydrogen-bond donors (Lipinski definition) is 3. The lowest BCUT2D eigenvalue weighted by molar-refractivity contribution is -0.135. The number of carboxylic acids is 1. The van der Waals surface area contributed by atoms with Crippen molar-refractivity contribution < 1.29 is 19.8 Å². The lowest BCUT2D eigenvalue weighted by atomic mass is 10.1. The molecule has 0 fully saturated rings. The van der Waals surface area contributed by atoms with Gasteiger partial charge in [-0.2, -0.15) is 5.26 Å². The molecule has 2 aromatic carbocycles. The number of aromatic hydroxyl groups is 1. The number of aromatic nitrogens is 2. The van der Waals surface area contributed by atoms with Gasteiger partial charge < -0.3 is 15.5 Å². The van der Waals surface area contributed by atoms with Gasteiger partial charge in [0.05, 0.1) is 24.7 Å². The maximum Gasteiger partial charge on any atom is 0.334 e. The highest BCUT2D eigenvalue weighted by atomic mass is 16.4. The summed E-state index contributed by atoms with van der Waals surface area (Å²) in [5.41, 5.74) is -1.55. The predicted octanol–water partition coefficient (Wildman–Crippen LogP) is 0.498. The Labute approximate surface area is 181 Å². The Hall–Kier alpha value is -4.65. The molecule has 0 bridgehead atoms. The lowest BCUT2D eigenvalue weighted by Gasteiger charge is -2.16. The standard InChI is InChI=1S/C22H18N4O6/c23-10-15-8-4-5-9-16(15)13-26-21(31)18(19(29)24-11-17(27)28)20(30)25(22(26)32)12-14-6-2-1-3-7-14/h1-9,30H,11-13H2,(H,24,29)(H,27,28). The molecule has 3 N–H and O–H groups in total. The number of nitriles is 1. The summed E-state index contributed by atoms with van der Waals surface area (Å²) in [6.07, 6.45) is 0. The van der Waals surface area contributed by atoms with E-state index in [4.69, 9.17) is 5.11 Å². The van der Waals surface area contributed by atoms with E-state index in [9.17, 15) is 29.5 Å². The van der Waals surface area contributed by atoms with Crippen molar-refractivity contribution in [3.8, 4) is 11.9 Å². The minimum absolute atomic E-state index is 0.148. The van der Waals surface area contributed by atoms with Crippen molar-refractivity contribution in [3.63, 3.8) is 0 Å². The highest BCUT2D eigenvalue weighted by molar-refractivity contribution is 5.97. The fourth-order valence-corrected chi connectivity index (χ4v) is 3.12. The van der Waals surface area contributed by atoms with Crippen LogP contribution in [0.1, 0.15) is 27.0 Å². The van der Waals surface area contributed by atoms with Gasteiger partial charge in [-0.15, -0.1) is 0 Å². The van der Waals surface area contributed by atoms with Crippen LogP contribution in [0.4, 0.5) is 0 Å². The first-order valence-corrected chi connectivity index (χ1v) is 9.42. The summed E-state index contributed by atoms with van der Waals surface area (Å²) in [6.45, 7) is -1.26. The lowest BCUT2D eigenvalue weighted by Crippen LogP contribution is -2.45. The maximum absolute atomic E-state index is 13.1. The largest absolute Gasteiger partial charge is 0.494 e. The Morgan fingerprint density at radius 3 is 2.28 bits per heavy atom. The second-order valence-corrected chi connectivity index (χ2v) is 6.79. The van der Waals surface area contributed by atoms with Crippen molar-refractivity contribution in [2.45, 2.75) is 13.1 Å². The molecule has 0 saturated heterocycles. The summed E-state index contributed by atoms with van der Waals surface area (Å²) in [6, 6.07) is 16.9. The molecule has 3 aromatic rings. The van der Waals surface area contributed by atoms with Gasteiger partial charge in [-0.1, -0.05) is 48.5 Å². The van der Waals surface area contributed by atoms with Crippen LogP contribution in [-0.2, 0) is 17.9 Å². The first-order chi connectivity index (χ1) is 15.3. The molecule has 3 rings (SSSR count). The monoisotopic (exact) mass is 434 g/mol. The third-order valence-corrected chi connectivity index (χ3v) is 4.68. The zero-order valence-electron chi connectivity index (χ0n) is 16.7. The summed E-state index contributed by atoms with van der Waals surface area (Å²) in [5, 5.41) is 30.8. The molecule has 10 nitrogen and oxygen atoms in total. The predicted molar refractivity (Wildman–Crippen MR) is 112 cm³/mol. The van der Waals surface area contributed by atoms with Crippen LogP contribution in [0, 0.1) is 11.3 Å². The second kappa shape index (κ2) is 9.44. The van der Waals surface area contributed by atoms with E-state index in [-0.39, 0.29) is 18.7 Å². The van der Waals surface area contributed by atoms with E-state index in [2.05, 4.69) is 0 Å². The zero-order valence-corrected chi connectivity index (χ0v) is 16.7. The molecule has 0 aliphatic rings. The molecule has 32 heavy (non-hydrogen) atoms. The summed E-state index contributed by atoms with van der Waals surface area (Å²) in [4.78, 5) is 49.4. The van der Waals surface area contributed by atoms with Crippen LogP contribution in [0.5, 0.6) is 5.88 Å². The average Bonchev–Trinajstić information content (AvgIpc) is 2.79. The highest BCUT2D eigenvalue weighted by Gasteiger charge is 2.25. The van der Waals surface area contributed by atoms with E-state index in [0.717, 1.165) is 9.13 Å². The smallest absolute Gasteiger partial charge is 0.334 e. The van der Waals surface area contributed by atoms with Crippen molar-refractivity contribution in [3.05, 3.63) is 97.7 Å². The van der Waals surface area contributed by atoms with Crippen LogP contribution >= 0.6 is 0 Å². The van der Waals surface area contributed by atoms with Crippen molar-refractivity contribution >= 4 is 11.9 Å². The Balaban J connectivity index is 2.20. The number of nitrogens with one attached hydrogen (secondary N) is 1. The van der Waals surface area contributed by atoms with Crippen LogP contribution in [-0.4, -0.2) is 37.8 Å². The SMILES string of the molecule is N#Cc1ccccc1Cn1c(=O)c(C(=O)NCC(=O)O)c(O)n(Cc2ccccc2)c1=O. The molecule has 1 amide bonds. The van der Waals surface area contributed by atoms with Crippen LogP contribution in [0.3, 0.4) is 0 Å². The molecule has 0 unspecified atom stereocenters. The van der Waals surface area contributed by atoms with Gasteiger partial charge in [0.25, 0.3) is 11.5 Å². The number of aliphatic carboxylic acids is 1. The molecule has 0 aliphatic heterocycles. The van der Waals surface area contributed by atoms with Crippen LogP contribution in [0.2, 0.25) is 0 Å². The molecule has 162 valence electrons. The van der Waals surface area contributed by atoms with Gasteiger partial charge >= 0.3 is 11.7 Å². The van der Waals surface area contributed by atoms with E-state index < -0.39 is 41.1 Å². The molecule has 1 heterocycles. The third kappa shape index (κ3) is 4.57. The molecule has 0 atom stereocenters. The van der Waals surface area contributed by atoms with Gasteiger partial charge in [0.15, 0.2) is 5.56 Å². The average molecular weight is 434 g/mol. The second-order valence-electron chi connectivity index (χ2n) is 6.79. The Kier molecular flexibility index (Phi) is 6.50. The molecule has 0 spiro atoms. The topological polar surface area (TPSA) is 154 Å². The fraction of sp³-hybridized carbons (Fsp3) is 0.136. The third-order valence-electron chi connectivity index (χ3n) is 4.68.